The molecule has 0 N–H and O–H groups in total. The Kier molecular flexibility index (Phi) is 5.53. The molecule has 1 aliphatic heterocycles. The van der Waals surface area contributed by atoms with Crippen molar-refractivity contribution in [2.24, 2.45) is 0 Å². The quantitative estimate of drug-likeness (QED) is 0.463. The van der Waals surface area contributed by atoms with E-state index in [9.17, 15) is 0 Å². The highest BCUT2D eigenvalue weighted by atomic mass is 35.5. The van der Waals surface area contributed by atoms with Gasteiger partial charge in [-0.25, -0.2) is 0 Å². The topological polar surface area (TPSA) is 16.1 Å². The first-order valence-corrected chi connectivity index (χ1v) is 10.0. The smallest absolute Gasteiger partial charge is 0.0596 e. The maximum absolute atomic E-state index is 6.46. The molecule has 0 bridgehead atoms. The first-order valence-electron chi connectivity index (χ1n) is 8.46. The van der Waals surface area contributed by atoms with Gasteiger partial charge in [0.05, 0.1) is 11.9 Å². The van der Waals surface area contributed by atoms with Crippen molar-refractivity contribution in [1.82, 2.24) is 4.98 Å². The van der Waals surface area contributed by atoms with Gasteiger partial charge in [-0.05, 0) is 59.7 Å². The van der Waals surface area contributed by atoms with Crippen LogP contribution < -0.4 is 4.90 Å². The van der Waals surface area contributed by atoms with Crippen LogP contribution in [0.4, 0.5) is 5.69 Å². The van der Waals surface area contributed by atoms with Crippen LogP contribution in [0, 0.1) is 0 Å². The molecule has 1 aliphatic rings. The maximum atomic E-state index is 6.46. The number of benzene rings is 2. The first-order chi connectivity index (χ1) is 13.2. The molecule has 0 atom stereocenters. The predicted octanol–water partition coefficient (Wildman–Crippen LogP) is 6.93. The number of nitrogens with zero attached hydrogens (tertiary/aromatic N) is 2. The molecule has 0 saturated carbocycles. The molecule has 0 saturated heterocycles. The van der Waals surface area contributed by atoms with Gasteiger partial charge in [0, 0.05) is 38.8 Å². The largest absolute Gasteiger partial charge is 0.341 e. The summed E-state index contributed by atoms with van der Waals surface area (Å²) >= 11 is 14.2. The second kappa shape index (κ2) is 8.22. The fraction of sp³-hybridized carbons (Fsp3) is 0.0455. The molecule has 2 heterocycles. The van der Waals surface area contributed by atoms with Crippen LogP contribution in [-0.2, 0) is 0 Å². The zero-order chi connectivity index (χ0) is 18.6. The maximum Gasteiger partial charge on any atom is 0.0596 e. The van der Waals surface area contributed by atoms with E-state index < -0.39 is 0 Å². The Bertz CT molecular complexity index is 998. The normalized spacial score (nSPS) is 13.9. The lowest BCUT2D eigenvalue weighted by Gasteiger charge is -2.27. The molecular formula is C22H16Cl2N2S. The van der Waals surface area contributed by atoms with E-state index in [4.69, 9.17) is 23.2 Å². The average molecular weight is 411 g/mol. The molecule has 2 nitrogen and oxygen atoms in total. The zero-order valence-corrected chi connectivity index (χ0v) is 16.7. The van der Waals surface area contributed by atoms with Crippen LogP contribution in [0.5, 0.6) is 0 Å². The molecule has 0 aliphatic carbocycles. The number of rotatable bonds is 4. The van der Waals surface area contributed by atoms with E-state index >= 15 is 0 Å². The van der Waals surface area contributed by atoms with E-state index in [-0.39, 0.29) is 0 Å². The zero-order valence-electron chi connectivity index (χ0n) is 14.3. The third-order valence-corrected chi connectivity index (χ3v) is 5.74. The summed E-state index contributed by atoms with van der Waals surface area (Å²) in [7, 11) is 0. The lowest BCUT2D eigenvalue weighted by atomic mass is 10.0. The van der Waals surface area contributed by atoms with Crippen LogP contribution in [-0.4, -0.2) is 11.5 Å². The number of anilines is 1. The first kappa shape index (κ1) is 18.2. The Balaban J connectivity index is 1.71. The van der Waals surface area contributed by atoms with E-state index in [1.807, 2.05) is 54.7 Å². The summed E-state index contributed by atoms with van der Waals surface area (Å²) < 4.78 is 0. The van der Waals surface area contributed by atoms with Crippen molar-refractivity contribution in [3.05, 3.63) is 106 Å². The third kappa shape index (κ3) is 4.38. The molecule has 0 radical (unpaired) electrons. The molecule has 2 aromatic carbocycles. The molecule has 0 amide bonds. The van der Waals surface area contributed by atoms with Gasteiger partial charge in [0.25, 0.3) is 0 Å². The van der Waals surface area contributed by atoms with Gasteiger partial charge in [-0.3, -0.25) is 4.98 Å². The minimum Gasteiger partial charge on any atom is -0.341 e. The number of allylic oxidation sites excluding steroid dienone is 1. The molecule has 0 fully saturated rings. The molecule has 134 valence electrons. The van der Waals surface area contributed by atoms with Crippen molar-refractivity contribution < 1.29 is 0 Å². The van der Waals surface area contributed by atoms with E-state index in [0.717, 1.165) is 37.6 Å². The summed E-state index contributed by atoms with van der Waals surface area (Å²) in [6, 6.07) is 19.8. The summed E-state index contributed by atoms with van der Waals surface area (Å²) in [5.74, 6) is 0. The van der Waals surface area contributed by atoms with Crippen LogP contribution in [0.25, 0.3) is 5.57 Å². The van der Waals surface area contributed by atoms with Crippen LogP contribution in [0.1, 0.15) is 5.56 Å². The number of aromatic nitrogens is 1. The van der Waals surface area contributed by atoms with Crippen molar-refractivity contribution in [1.29, 1.82) is 0 Å². The van der Waals surface area contributed by atoms with E-state index in [1.165, 1.54) is 5.57 Å². The molecule has 4 rings (SSSR count). The van der Waals surface area contributed by atoms with Crippen LogP contribution in [0.2, 0.25) is 10.0 Å². The molecule has 0 spiro atoms. The van der Waals surface area contributed by atoms with Gasteiger partial charge in [-0.15, -0.1) is 0 Å². The van der Waals surface area contributed by atoms with Crippen LogP contribution >= 0.6 is 35.0 Å². The fourth-order valence-corrected chi connectivity index (χ4v) is 4.21. The van der Waals surface area contributed by atoms with Crippen molar-refractivity contribution in [2.45, 2.75) is 4.90 Å². The van der Waals surface area contributed by atoms with Crippen molar-refractivity contribution in [2.75, 3.05) is 11.4 Å². The van der Waals surface area contributed by atoms with Gasteiger partial charge in [0.2, 0.25) is 0 Å². The van der Waals surface area contributed by atoms with Crippen LogP contribution in [0.3, 0.4) is 0 Å². The monoisotopic (exact) mass is 410 g/mol. The molecule has 1 aromatic heterocycles. The Morgan fingerprint density at radius 2 is 1.74 bits per heavy atom. The highest BCUT2D eigenvalue weighted by Gasteiger charge is 2.17. The molecule has 27 heavy (non-hydrogen) atoms. The Labute approximate surface area is 173 Å². The second-order valence-corrected chi connectivity index (χ2v) is 8.07. The summed E-state index contributed by atoms with van der Waals surface area (Å²) in [5, 5.41) is 1.49. The van der Waals surface area contributed by atoms with Crippen molar-refractivity contribution in [3.63, 3.8) is 0 Å². The van der Waals surface area contributed by atoms with E-state index in [1.54, 1.807) is 18.0 Å². The summed E-state index contributed by atoms with van der Waals surface area (Å²) in [6.07, 6.45) is 8.01. The summed E-state index contributed by atoms with van der Waals surface area (Å²) in [4.78, 5) is 8.71. The second-order valence-electron chi connectivity index (χ2n) is 6.08. The number of halogens is 2. The molecule has 5 heteroatoms. The average Bonchev–Trinajstić information content (AvgIpc) is 2.70. The minimum atomic E-state index is 0.736. The molecule has 0 unspecified atom stereocenters. The summed E-state index contributed by atoms with van der Waals surface area (Å²) in [5.41, 5.74) is 3.27. The Morgan fingerprint density at radius 1 is 0.926 bits per heavy atom. The third-order valence-electron chi connectivity index (χ3n) is 4.19. The standard InChI is InChI=1S/C22H16Cl2N2S/c23-17-7-9-19(10-8-17)27-20-12-16(21-5-1-2-6-22(21)24)14-26(15-20)18-4-3-11-25-13-18/h1-13,15H,14H2. The highest BCUT2D eigenvalue weighted by Crippen LogP contribution is 2.36. The fourth-order valence-electron chi connectivity index (χ4n) is 2.91. The van der Waals surface area contributed by atoms with Gasteiger partial charge < -0.3 is 4.90 Å². The van der Waals surface area contributed by atoms with E-state index in [0.29, 0.717) is 0 Å². The molecule has 3 aromatic rings. The molecular weight excluding hydrogens is 395 g/mol. The van der Waals surface area contributed by atoms with Gasteiger partial charge in [0.15, 0.2) is 0 Å². The van der Waals surface area contributed by atoms with Gasteiger partial charge in [0.1, 0.15) is 0 Å². The van der Waals surface area contributed by atoms with Crippen molar-refractivity contribution >= 4 is 46.2 Å². The Morgan fingerprint density at radius 3 is 2.48 bits per heavy atom. The van der Waals surface area contributed by atoms with E-state index in [2.05, 4.69) is 34.3 Å². The van der Waals surface area contributed by atoms with Gasteiger partial charge in [-0.1, -0.05) is 53.2 Å². The SMILES string of the molecule is Clc1ccc(SC2=CN(c3cccnc3)CC(c3ccccc3Cl)=C2)cc1. The lowest BCUT2D eigenvalue weighted by molar-refractivity contribution is 1.07. The summed E-state index contributed by atoms with van der Waals surface area (Å²) in [6.45, 7) is 0.736. The highest BCUT2D eigenvalue weighted by molar-refractivity contribution is 8.03. The van der Waals surface area contributed by atoms with Gasteiger partial charge in [-0.2, -0.15) is 0 Å². The number of hydrogen-bond acceptors (Lipinski definition) is 3. The minimum absolute atomic E-state index is 0.736. The van der Waals surface area contributed by atoms with Crippen LogP contribution in [0.15, 0.2) is 95.1 Å². The predicted molar refractivity (Wildman–Crippen MR) is 116 cm³/mol. The van der Waals surface area contributed by atoms with Gasteiger partial charge >= 0.3 is 0 Å². The van der Waals surface area contributed by atoms with Crippen molar-refractivity contribution in [3.8, 4) is 0 Å². The lowest BCUT2D eigenvalue weighted by Crippen LogP contribution is -2.22. The number of thioether (sulfide) groups is 1. The number of hydrogen-bond donors (Lipinski definition) is 0. The number of pyridine rings is 1. The Hall–Kier alpha value is -2.20.